The van der Waals surface area contributed by atoms with Gasteiger partial charge in [0, 0.05) is 25.1 Å². The summed E-state index contributed by atoms with van der Waals surface area (Å²) in [5, 5.41) is 0. The number of H-pyrrole nitrogens is 1. The topological polar surface area (TPSA) is 75.0 Å². The van der Waals surface area contributed by atoms with Crippen molar-refractivity contribution < 1.29 is 0 Å². The van der Waals surface area contributed by atoms with Crippen LogP contribution in [0.15, 0.2) is 10.9 Å². The number of nitrogens with zero attached hydrogens (tertiary/aromatic N) is 2. The fraction of sp³-hybridized carbons (Fsp3) is 0.714. The van der Waals surface area contributed by atoms with E-state index in [2.05, 4.69) is 14.9 Å². The van der Waals surface area contributed by atoms with Gasteiger partial charge in [-0.15, -0.1) is 0 Å². The average Bonchev–Trinajstić information content (AvgIpc) is 2.38. The van der Waals surface area contributed by atoms with Gasteiger partial charge in [0.1, 0.15) is 11.6 Å². The summed E-state index contributed by atoms with van der Waals surface area (Å²) in [5.41, 5.74) is 5.58. The van der Waals surface area contributed by atoms with Gasteiger partial charge in [-0.25, -0.2) is 4.98 Å². The van der Waals surface area contributed by atoms with Crippen LogP contribution < -0.4 is 16.2 Å². The molecule has 1 aliphatic rings. The van der Waals surface area contributed by atoms with Crippen LogP contribution in [0, 0.1) is 5.92 Å². The van der Waals surface area contributed by atoms with E-state index in [1.165, 1.54) is 6.42 Å². The molecule has 0 amide bonds. The normalized spacial score (nSPS) is 20.0. The highest BCUT2D eigenvalue weighted by molar-refractivity contribution is 5.38. The fourth-order valence-corrected chi connectivity index (χ4v) is 2.64. The van der Waals surface area contributed by atoms with Crippen LogP contribution in [-0.2, 0) is 0 Å². The van der Waals surface area contributed by atoms with Crippen LogP contribution >= 0.6 is 0 Å². The molecular formula is C14H24N4O. The largest absolute Gasteiger partial charge is 0.356 e. The summed E-state index contributed by atoms with van der Waals surface area (Å²) < 4.78 is 0. The van der Waals surface area contributed by atoms with Gasteiger partial charge in [0.15, 0.2) is 0 Å². The zero-order valence-corrected chi connectivity index (χ0v) is 11.9. The standard InChI is InChI=1S/C14H24N4O/c1-10(2)14-16-12(8-13(19)17-14)18-7-3-4-11(9-18)5-6-15/h8,10-11H,3-7,9,15H2,1-2H3,(H,16,17,19). The molecule has 1 fully saturated rings. The number of aromatic amines is 1. The summed E-state index contributed by atoms with van der Waals surface area (Å²) in [7, 11) is 0. The van der Waals surface area contributed by atoms with Gasteiger partial charge in [-0.3, -0.25) is 4.79 Å². The lowest BCUT2D eigenvalue weighted by molar-refractivity contribution is 0.394. The number of rotatable bonds is 4. The van der Waals surface area contributed by atoms with Gasteiger partial charge in [-0.2, -0.15) is 0 Å². The Balaban J connectivity index is 2.18. The predicted molar refractivity (Wildman–Crippen MR) is 77.6 cm³/mol. The molecule has 1 saturated heterocycles. The molecule has 1 aromatic heterocycles. The molecule has 5 nitrogen and oxygen atoms in total. The van der Waals surface area contributed by atoms with Gasteiger partial charge in [-0.1, -0.05) is 13.8 Å². The zero-order chi connectivity index (χ0) is 13.8. The second kappa shape index (κ2) is 6.19. The highest BCUT2D eigenvalue weighted by atomic mass is 16.1. The number of aromatic nitrogens is 2. The molecule has 0 aromatic carbocycles. The van der Waals surface area contributed by atoms with Crippen LogP contribution in [0.3, 0.4) is 0 Å². The lowest BCUT2D eigenvalue weighted by Gasteiger charge is -2.33. The quantitative estimate of drug-likeness (QED) is 0.863. The summed E-state index contributed by atoms with van der Waals surface area (Å²) >= 11 is 0. The maximum absolute atomic E-state index is 11.7. The number of nitrogens with one attached hydrogen (secondary N) is 1. The minimum absolute atomic E-state index is 0.0605. The Morgan fingerprint density at radius 2 is 2.37 bits per heavy atom. The van der Waals surface area contributed by atoms with Crippen molar-refractivity contribution in [3.05, 3.63) is 22.2 Å². The molecule has 19 heavy (non-hydrogen) atoms. The number of anilines is 1. The van der Waals surface area contributed by atoms with E-state index in [1.807, 2.05) is 13.8 Å². The Hall–Kier alpha value is -1.36. The number of hydrogen-bond donors (Lipinski definition) is 2. The third-order valence-corrected chi connectivity index (χ3v) is 3.71. The lowest BCUT2D eigenvalue weighted by Crippen LogP contribution is -2.37. The van der Waals surface area contributed by atoms with Crippen LogP contribution in [0.4, 0.5) is 5.82 Å². The summed E-state index contributed by atoms with van der Waals surface area (Å²) in [5.74, 6) is 2.44. The first-order chi connectivity index (χ1) is 9.10. The van der Waals surface area contributed by atoms with Crippen molar-refractivity contribution in [1.29, 1.82) is 0 Å². The first-order valence-corrected chi connectivity index (χ1v) is 7.16. The zero-order valence-electron chi connectivity index (χ0n) is 11.9. The van der Waals surface area contributed by atoms with Gasteiger partial charge >= 0.3 is 0 Å². The average molecular weight is 264 g/mol. The molecule has 0 aliphatic carbocycles. The smallest absolute Gasteiger partial charge is 0.252 e. The minimum Gasteiger partial charge on any atom is -0.356 e. The van der Waals surface area contributed by atoms with Gasteiger partial charge in [0.2, 0.25) is 0 Å². The fourth-order valence-electron chi connectivity index (χ4n) is 2.64. The van der Waals surface area contributed by atoms with Gasteiger partial charge in [0.25, 0.3) is 5.56 Å². The second-order valence-corrected chi connectivity index (χ2v) is 5.68. The number of hydrogen-bond acceptors (Lipinski definition) is 4. The SMILES string of the molecule is CC(C)c1nc(N2CCCC(CCN)C2)cc(=O)[nH]1. The lowest BCUT2D eigenvalue weighted by atomic mass is 9.95. The predicted octanol–water partition coefficient (Wildman–Crippen LogP) is 1.46. The Labute approximate surface area is 114 Å². The van der Waals surface area contributed by atoms with E-state index in [9.17, 15) is 4.79 Å². The summed E-state index contributed by atoms with van der Waals surface area (Å²) in [4.78, 5) is 21.4. The third kappa shape index (κ3) is 3.56. The van der Waals surface area contributed by atoms with Crippen molar-refractivity contribution in [2.75, 3.05) is 24.5 Å². The maximum atomic E-state index is 11.7. The first-order valence-electron chi connectivity index (χ1n) is 7.16. The van der Waals surface area contributed by atoms with Crippen molar-refractivity contribution in [2.45, 2.75) is 39.0 Å². The van der Waals surface area contributed by atoms with Crippen LogP contribution in [-0.4, -0.2) is 29.6 Å². The Kier molecular flexibility index (Phi) is 4.58. The van der Waals surface area contributed by atoms with Gasteiger partial charge in [-0.05, 0) is 31.7 Å². The Morgan fingerprint density at radius 1 is 1.58 bits per heavy atom. The Morgan fingerprint density at radius 3 is 3.05 bits per heavy atom. The maximum Gasteiger partial charge on any atom is 0.252 e. The van der Waals surface area contributed by atoms with Crippen LogP contribution in [0.1, 0.15) is 44.9 Å². The highest BCUT2D eigenvalue weighted by Crippen LogP contribution is 2.23. The van der Waals surface area contributed by atoms with Crippen molar-refractivity contribution in [3.63, 3.8) is 0 Å². The van der Waals surface area contributed by atoms with E-state index in [0.29, 0.717) is 5.92 Å². The van der Waals surface area contributed by atoms with Gasteiger partial charge in [0.05, 0.1) is 0 Å². The van der Waals surface area contributed by atoms with E-state index >= 15 is 0 Å². The molecule has 0 radical (unpaired) electrons. The van der Waals surface area contributed by atoms with E-state index in [1.54, 1.807) is 6.07 Å². The number of nitrogens with two attached hydrogens (primary N) is 1. The summed E-state index contributed by atoms with van der Waals surface area (Å²) in [6, 6.07) is 1.61. The van der Waals surface area contributed by atoms with Crippen LogP contribution in [0.2, 0.25) is 0 Å². The van der Waals surface area contributed by atoms with Crippen molar-refractivity contribution >= 4 is 5.82 Å². The minimum atomic E-state index is -0.0605. The van der Waals surface area contributed by atoms with Crippen LogP contribution in [0.5, 0.6) is 0 Å². The molecule has 2 heterocycles. The Bertz CT molecular complexity index is 467. The molecule has 1 aliphatic heterocycles. The molecule has 0 saturated carbocycles. The molecule has 1 unspecified atom stereocenters. The molecule has 106 valence electrons. The van der Waals surface area contributed by atoms with E-state index in [-0.39, 0.29) is 11.5 Å². The molecule has 0 bridgehead atoms. The molecular weight excluding hydrogens is 240 g/mol. The van der Waals surface area contributed by atoms with Crippen LogP contribution in [0.25, 0.3) is 0 Å². The molecule has 1 aromatic rings. The summed E-state index contributed by atoms with van der Waals surface area (Å²) in [6.45, 7) is 6.75. The molecule has 1 atom stereocenters. The number of piperidine rings is 1. The van der Waals surface area contributed by atoms with E-state index in [0.717, 1.165) is 44.1 Å². The molecule has 3 N–H and O–H groups in total. The van der Waals surface area contributed by atoms with Crippen molar-refractivity contribution in [3.8, 4) is 0 Å². The first kappa shape index (κ1) is 14.1. The van der Waals surface area contributed by atoms with Crippen molar-refractivity contribution in [2.24, 2.45) is 11.7 Å². The van der Waals surface area contributed by atoms with Gasteiger partial charge < -0.3 is 15.6 Å². The summed E-state index contributed by atoms with van der Waals surface area (Å²) in [6.07, 6.45) is 3.43. The molecule has 0 spiro atoms. The van der Waals surface area contributed by atoms with E-state index < -0.39 is 0 Å². The third-order valence-electron chi connectivity index (χ3n) is 3.71. The monoisotopic (exact) mass is 264 g/mol. The highest BCUT2D eigenvalue weighted by Gasteiger charge is 2.21. The van der Waals surface area contributed by atoms with Crippen molar-refractivity contribution in [1.82, 2.24) is 9.97 Å². The van der Waals surface area contributed by atoms with E-state index in [4.69, 9.17) is 5.73 Å². The second-order valence-electron chi connectivity index (χ2n) is 5.68. The molecule has 5 heteroatoms. The molecule has 2 rings (SSSR count).